The summed E-state index contributed by atoms with van der Waals surface area (Å²) < 4.78 is 5.32. The summed E-state index contributed by atoms with van der Waals surface area (Å²) in [6, 6.07) is 14.7. The highest BCUT2D eigenvalue weighted by Gasteiger charge is 2.21. The molecule has 2 aromatic rings. The monoisotopic (exact) mass is 312 g/mol. The summed E-state index contributed by atoms with van der Waals surface area (Å²) >= 11 is 0. The summed E-state index contributed by atoms with van der Waals surface area (Å²) in [5.74, 6) is -0.494. The number of hydrogen-bond acceptors (Lipinski definition) is 3. The molecule has 0 radical (unpaired) electrons. The molecule has 23 heavy (non-hydrogen) atoms. The number of rotatable bonds is 5. The molecule has 0 saturated heterocycles. The average Bonchev–Trinajstić information content (AvgIpc) is 2.51. The molecule has 0 fully saturated rings. The summed E-state index contributed by atoms with van der Waals surface area (Å²) in [6.07, 6.45) is -0.720. The molecule has 1 unspecified atom stereocenters. The Morgan fingerprint density at radius 1 is 1.00 bits per heavy atom. The van der Waals surface area contributed by atoms with Crippen LogP contribution in [0.2, 0.25) is 0 Å². The van der Waals surface area contributed by atoms with Gasteiger partial charge in [-0.2, -0.15) is 0 Å². The number of anilines is 2. The Kier molecular flexibility index (Phi) is 5.49. The number of amides is 2. The van der Waals surface area contributed by atoms with Gasteiger partial charge < -0.3 is 15.4 Å². The summed E-state index contributed by atoms with van der Waals surface area (Å²) in [5.41, 5.74) is 2.84. The molecule has 0 aliphatic heterocycles. The van der Waals surface area contributed by atoms with Crippen LogP contribution in [0, 0.1) is 6.92 Å². The van der Waals surface area contributed by atoms with Gasteiger partial charge in [0, 0.05) is 14.0 Å². The van der Waals surface area contributed by atoms with E-state index in [0.717, 1.165) is 11.1 Å². The van der Waals surface area contributed by atoms with E-state index < -0.39 is 6.10 Å². The maximum Gasteiger partial charge on any atom is 0.258 e. The quantitative estimate of drug-likeness (QED) is 0.890. The average molecular weight is 312 g/mol. The van der Waals surface area contributed by atoms with Crippen LogP contribution in [0.1, 0.15) is 24.2 Å². The Morgan fingerprint density at radius 2 is 1.70 bits per heavy atom. The van der Waals surface area contributed by atoms with Gasteiger partial charge in [0.1, 0.15) is 0 Å². The van der Waals surface area contributed by atoms with E-state index in [4.69, 9.17) is 4.74 Å². The minimum atomic E-state index is -0.720. The zero-order valence-corrected chi connectivity index (χ0v) is 13.4. The van der Waals surface area contributed by atoms with Gasteiger partial charge in [-0.15, -0.1) is 0 Å². The third-order valence-electron chi connectivity index (χ3n) is 3.32. The first-order valence-corrected chi connectivity index (χ1v) is 7.28. The van der Waals surface area contributed by atoms with E-state index in [1.165, 1.54) is 14.0 Å². The maximum absolute atomic E-state index is 12.5. The van der Waals surface area contributed by atoms with E-state index in [0.29, 0.717) is 11.4 Å². The van der Waals surface area contributed by atoms with Crippen molar-refractivity contribution in [1.82, 2.24) is 0 Å². The van der Waals surface area contributed by atoms with Crippen LogP contribution in [0.15, 0.2) is 48.5 Å². The fraction of sp³-hybridized carbons (Fsp3) is 0.222. The van der Waals surface area contributed by atoms with E-state index >= 15 is 0 Å². The van der Waals surface area contributed by atoms with Crippen LogP contribution in [0.5, 0.6) is 0 Å². The standard InChI is InChI=1S/C18H20N2O3/c1-12-9-10-15(19-13(2)21)16(11-12)20-18(22)17(23-3)14-7-5-4-6-8-14/h4-11,17H,1-3H3,(H,19,21)(H,20,22). The number of methoxy groups -OCH3 is 1. The van der Waals surface area contributed by atoms with Gasteiger partial charge in [0.05, 0.1) is 11.4 Å². The third kappa shape index (κ3) is 4.40. The SMILES string of the molecule is COC(C(=O)Nc1cc(C)ccc1NC(C)=O)c1ccccc1. The summed E-state index contributed by atoms with van der Waals surface area (Å²) in [5, 5.41) is 5.54. The second-order valence-electron chi connectivity index (χ2n) is 5.25. The first-order valence-electron chi connectivity index (χ1n) is 7.28. The minimum Gasteiger partial charge on any atom is -0.367 e. The number of carbonyl (C=O) groups is 2. The number of aryl methyl sites for hydroxylation is 1. The zero-order valence-electron chi connectivity index (χ0n) is 13.4. The van der Waals surface area contributed by atoms with Gasteiger partial charge in [0.25, 0.3) is 5.91 Å². The van der Waals surface area contributed by atoms with Gasteiger partial charge in [-0.05, 0) is 30.2 Å². The van der Waals surface area contributed by atoms with Crippen molar-refractivity contribution in [2.24, 2.45) is 0 Å². The second-order valence-corrected chi connectivity index (χ2v) is 5.25. The predicted octanol–water partition coefficient (Wildman–Crippen LogP) is 3.28. The van der Waals surface area contributed by atoms with Crippen molar-refractivity contribution in [3.63, 3.8) is 0 Å². The molecule has 0 bridgehead atoms. The lowest BCUT2D eigenvalue weighted by Gasteiger charge is -2.18. The van der Waals surface area contributed by atoms with Crippen molar-refractivity contribution in [3.8, 4) is 0 Å². The molecule has 0 saturated carbocycles. The van der Waals surface area contributed by atoms with Crippen LogP contribution in [-0.4, -0.2) is 18.9 Å². The molecule has 2 N–H and O–H groups in total. The molecule has 0 spiro atoms. The van der Waals surface area contributed by atoms with Crippen molar-refractivity contribution in [2.45, 2.75) is 20.0 Å². The fourth-order valence-corrected chi connectivity index (χ4v) is 2.28. The van der Waals surface area contributed by atoms with Gasteiger partial charge in [-0.25, -0.2) is 0 Å². The van der Waals surface area contributed by atoms with E-state index in [9.17, 15) is 9.59 Å². The molecule has 5 nitrogen and oxygen atoms in total. The van der Waals surface area contributed by atoms with E-state index in [1.807, 2.05) is 43.3 Å². The van der Waals surface area contributed by atoms with Crippen LogP contribution in [0.3, 0.4) is 0 Å². The van der Waals surface area contributed by atoms with Crippen molar-refractivity contribution < 1.29 is 14.3 Å². The maximum atomic E-state index is 12.5. The van der Waals surface area contributed by atoms with Crippen LogP contribution in [-0.2, 0) is 14.3 Å². The topological polar surface area (TPSA) is 67.4 Å². The minimum absolute atomic E-state index is 0.198. The lowest BCUT2D eigenvalue weighted by Crippen LogP contribution is -2.23. The Bertz CT molecular complexity index is 699. The first kappa shape index (κ1) is 16.7. The lowest BCUT2D eigenvalue weighted by atomic mass is 10.1. The molecule has 0 aliphatic rings. The Labute approximate surface area is 135 Å². The Balaban J connectivity index is 2.25. The number of nitrogens with one attached hydrogen (secondary N) is 2. The van der Waals surface area contributed by atoms with Crippen LogP contribution < -0.4 is 10.6 Å². The van der Waals surface area contributed by atoms with Crippen LogP contribution in [0.4, 0.5) is 11.4 Å². The van der Waals surface area contributed by atoms with E-state index in [2.05, 4.69) is 10.6 Å². The van der Waals surface area contributed by atoms with Crippen molar-refractivity contribution in [3.05, 3.63) is 59.7 Å². The molecular formula is C18H20N2O3. The highest BCUT2D eigenvalue weighted by Crippen LogP contribution is 2.25. The molecule has 0 heterocycles. The van der Waals surface area contributed by atoms with E-state index in [-0.39, 0.29) is 11.8 Å². The summed E-state index contributed by atoms with van der Waals surface area (Å²) in [4.78, 5) is 23.8. The first-order chi connectivity index (χ1) is 11.0. The summed E-state index contributed by atoms with van der Waals surface area (Å²) in [7, 11) is 1.49. The molecule has 2 aromatic carbocycles. The molecule has 2 rings (SSSR count). The van der Waals surface area contributed by atoms with Gasteiger partial charge in [0.2, 0.25) is 5.91 Å². The molecule has 0 aliphatic carbocycles. The normalized spacial score (nSPS) is 11.6. The molecule has 1 atom stereocenters. The molecule has 2 amide bonds. The second kappa shape index (κ2) is 7.56. The van der Waals surface area contributed by atoms with Crippen molar-refractivity contribution >= 4 is 23.2 Å². The van der Waals surface area contributed by atoms with Crippen LogP contribution >= 0.6 is 0 Å². The largest absolute Gasteiger partial charge is 0.367 e. The lowest BCUT2D eigenvalue weighted by molar-refractivity contribution is -0.126. The van der Waals surface area contributed by atoms with Gasteiger partial charge in [-0.1, -0.05) is 36.4 Å². The number of benzene rings is 2. The fourth-order valence-electron chi connectivity index (χ4n) is 2.28. The third-order valence-corrected chi connectivity index (χ3v) is 3.32. The highest BCUT2D eigenvalue weighted by molar-refractivity contribution is 6.00. The smallest absolute Gasteiger partial charge is 0.258 e. The van der Waals surface area contributed by atoms with Gasteiger partial charge in [-0.3, -0.25) is 9.59 Å². The van der Waals surface area contributed by atoms with Gasteiger partial charge >= 0.3 is 0 Å². The molecule has 5 heteroatoms. The van der Waals surface area contributed by atoms with Crippen LogP contribution in [0.25, 0.3) is 0 Å². The highest BCUT2D eigenvalue weighted by atomic mass is 16.5. The van der Waals surface area contributed by atoms with Gasteiger partial charge in [0.15, 0.2) is 6.10 Å². The number of hydrogen-bond donors (Lipinski definition) is 2. The molecular weight excluding hydrogens is 292 g/mol. The predicted molar refractivity (Wildman–Crippen MR) is 90.3 cm³/mol. The number of carbonyl (C=O) groups excluding carboxylic acids is 2. The molecule has 120 valence electrons. The Morgan fingerprint density at radius 3 is 2.30 bits per heavy atom. The number of ether oxygens (including phenoxy) is 1. The zero-order chi connectivity index (χ0) is 16.8. The molecule has 0 aromatic heterocycles. The van der Waals surface area contributed by atoms with E-state index in [1.54, 1.807) is 12.1 Å². The Hall–Kier alpha value is -2.66. The summed E-state index contributed by atoms with van der Waals surface area (Å²) in [6.45, 7) is 3.34. The van der Waals surface area contributed by atoms with Crippen molar-refractivity contribution in [1.29, 1.82) is 0 Å². The van der Waals surface area contributed by atoms with Crippen molar-refractivity contribution in [2.75, 3.05) is 17.7 Å².